The topological polar surface area (TPSA) is 26.7 Å². The number of rotatable bonds is 3. The summed E-state index contributed by atoms with van der Waals surface area (Å²) in [6.45, 7) is 3.63. The van der Waals surface area contributed by atoms with E-state index in [4.69, 9.17) is 0 Å². The first-order valence-corrected chi connectivity index (χ1v) is 6.23. The molecule has 1 aliphatic heterocycles. The maximum absolute atomic E-state index is 9.83. The molecular weight excluding hydrogens is 188 g/mol. The largest absolute Gasteiger partial charge is 0.391 e. The number of nitrogens with zero attached hydrogens (tertiary/aromatic N) is 2. The van der Waals surface area contributed by atoms with Crippen molar-refractivity contribution in [3.05, 3.63) is 0 Å². The Morgan fingerprint density at radius 1 is 1.33 bits per heavy atom. The predicted octanol–water partition coefficient (Wildman–Crippen LogP) is 0.783. The molecule has 0 radical (unpaired) electrons. The molecule has 2 fully saturated rings. The van der Waals surface area contributed by atoms with Crippen LogP contribution in [0.4, 0.5) is 0 Å². The second kappa shape index (κ2) is 4.81. The van der Waals surface area contributed by atoms with Crippen LogP contribution < -0.4 is 0 Å². The van der Waals surface area contributed by atoms with Crippen molar-refractivity contribution in [2.75, 3.05) is 33.7 Å². The molecule has 3 atom stereocenters. The van der Waals surface area contributed by atoms with E-state index in [0.29, 0.717) is 6.04 Å². The van der Waals surface area contributed by atoms with Crippen LogP contribution in [0.15, 0.2) is 0 Å². The van der Waals surface area contributed by atoms with Gasteiger partial charge in [-0.15, -0.1) is 0 Å². The molecule has 15 heavy (non-hydrogen) atoms. The standard InChI is InChI=1S/C12H24N2O/c1-13-7-6-10(8-13)9-14(2)11-4-3-5-12(11)15/h10-12,15H,3-9H2,1-2H3. The molecule has 1 saturated carbocycles. The average Bonchev–Trinajstić information content (AvgIpc) is 2.75. The number of hydrogen-bond acceptors (Lipinski definition) is 3. The molecule has 3 nitrogen and oxygen atoms in total. The summed E-state index contributed by atoms with van der Waals surface area (Å²) >= 11 is 0. The molecule has 88 valence electrons. The highest BCUT2D eigenvalue weighted by atomic mass is 16.3. The van der Waals surface area contributed by atoms with Crippen molar-refractivity contribution in [2.45, 2.75) is 37.8 Å². The number of aliphatic hydroxyl groups is 1. The van der Waals surface area contributed by atoms with Gasteiger partial charge in [0.2, 0.25) is 0 Å². The number of hydrogen-bond donors (Lipinski definition) is 1. The molecule has 0 aromatic heterocycles. The van der Waals surface area contributed by atoms with Crippen molar-refractivity contribution in [1.29, 1.82) is 0 Å². The monoisotopic (exact) mass is 212 g/mol. The van der Waals surface area contributed by atoms with Crippen molar-refractivity contribution < 1.29 is 5.11 Å². The Kier molecular flexibility index (Phi) is 3.65. The first-order chi connectivity index (χ1) is 7.16. The molecule has 0 spiro atoms. The fourth-order valence-electron chi connectivity index (χ4n) is 3.15. The van der Waals surface area contributed by atoms with Crippen molar-refractivity contribution in [3.8, 4) is 0 Å². The van der Waals surface area contributed by atoms with Crippen LogP contribution in [0.5, 0.6) is 0 Å². The van der Waals surface area contributed by atoms with Gasteiger partial charge < -0.3 is 14.9 Å². The van der Waals surface area contributed by atoms with Crippen LogP contribution in [-0.2, 0) is 0 Å². The van der Waals surface area contributed by atoms with Crippen LogP contribution in [0.2, 0.25) is 0 Å². The van der Waals surface area contributed by atoms with E-state index in [1.54, 1.807) is 0 Å². The lowest BCUT2D eigenvalue weighted by Gasteiger charge is -2.29. The van der Waals surface area contributed by atoms with Gasteiger partial charge in [0.05, 0.1) is 6.10 Å². The highest BCUT2D eigenvalue weighted by Gasteiger charge is 2.30. The van der Waals surface area contributed by atoms with E-state index >= 15 is 0 Å². The lowest BCUT2D eigenvalue weighted by molar-refractivity contribution is 0.0780. The minimum Gasteiger partial charge on any atom is -0.391 e. The van der Waals surface area contributed by atoms with Gasteiger partial charge in [-0.25, -0.2) is 0 Å². The number of likely N-dealkylation sites (tertiary alicyclic amines) is 1. The third-order valence-electron chi connectivity index (χ3n) is 4.05. The fraction of sp³-hybridized carbons (Fsp3) is 1.00. The maximum Gasteiger partial charge on any atom is 0.0695 e. The van der Waals surface area contributed by atoms with Crippen LogP contribution in [0.1, 0.15) is 25.7 Å². The van der Waals surface area contributed by atoms with Gasteiger partial charge in [-0.1, -0.05) is 0 Å². The third kappa shape index (κ3) is 2.71. The molecular formula is C12H24N2O. The molecule has 3 heteroatoms. The van der Waals surface area contributed by atoms with Crippen LogP contribution >= 0.6 is 0 Å². The van der Waals surface area contributed by atoms with E-state index in [1.807, 2.05) is 0 Å². The van der Waals surface area contributed by atoms with E-state index in [1.165, 1.54) is 32.4 Å². The van der Waals surface area contributed by atoms with Gasteiger partial charge in [-0.05, 0) is 52.2 Å². The summed E-state index contributed by atoms with van der Waals surface area (Å²) in [4.78, 5) is 4.80. The van der Waals surface area contributed by atoms with Crippen molar-refractivity contribution in [2.24, 2.45) is 5.92 Å². The quantitative estimate of drug-likeness (QED) is 0.749. The first kappa shape index (κ1) is 11.4. The second-order valence-electron chi connectivity index (χ2n) is 5.42. The summed E-state index contributed by atoms with van der Waals surface area (Å²) in [6.07, 6.45) is 4.62. The van der Waals surface area contributed by atoms with E-state index in [2.05, 4.69) is 23.9 Å². The predicted molar refractivity (Wildman–Crippen MR) is 61.9 cm³/mol. The Morgan fingerprint density at radius 3 is 2.67 bits per heavy atom. The van der Waals surface area contributed by atoms with Crippen LogP contribution in [-0.4, -0.2) is 60.8 Å². The van der Waals surface area contributed by atoms with Crippen molar-refractivity contribution in [3.63, 3.8) is 0 Å². The van der Waals surface area contributed by atoms with Crippen LogP contribution in [0.3, 0.4) is 0 Å². The van der Waals surface area contributed by atoms with Gasteiger partial charge in [0.25, 0.3) is 0 Å². The minimum atomic E-state index is -0.0749. The Morgan fingerprint density at radius 2 is 2.13 bits per heavy atom. The Labute approximate surface area is 93.1 Å². The molecule has 0 aromatic carbocycles. The lowest BCUT2D eigenvalue weighted by Crippen LogP contribution is -2.40. The van der Waals surface area contributed by atoms with Crippen LogP contribution in [0.25, 0.3) is 0 Å². The molecule has 3 unspecified atom stereocenters. The third-order valence-corrected chi connectivity index (χ3v) is 4.05. The lowest BCUT2D eigenvalue weighted by atomic mass is 10.1. The maximum atomic E-state index is 9.83. The first-order valence-electron chi connectivity index (χ1n) is 6.23. The van der Waals surface area contributed by atoms with Gasteiger partial charge in [0.1, 0.15) is 0 Å². The molecule has 1 saturated heterocycles. The normalized spacial score (nSPS) is 38.0. The molecule has 0 amide bonds. The van der Waals surface area contributed by atoms with Gasteiger partial charge >= 0.3 is 0 Å². The number of aliphatic hydroxyl groups excluding tert-OH is 1. The van der Waals surface area contributed by atoms with E-state index in [-0.39, 0.29) is 6.10 Å². The average molecular weight is 212 g/mol. The summed E-state index contributed by atoms with van der Waals surface area (Å²) < 4.78 is 0. The van der Waals surface area contributed by atoms with E-state index in [9.17, 15) is 5.11 Å². The summed E-state index contributed by atoms with van der Waals surface area (Å²) in [5.41, 5.74) is 0. The zero-order chi connectivity index (χ0) is 10.8. The van der Waals surface area contributed by atoms with E-state index < -0.39 is 0 Å². The Balaban J connectivity index is 1.78. The summed E-state index contributed by atoms with van der Waals surface area (Å²) in [6, 6.07) is 0.427. The summed E-state index contributed by atoms with van der Waals surface area (Å²) in [5.74, 6) is 0.813. The SMILES string of the molecule is CN1CCC(CN(C)C2CCCC2O)C1. The highest BCUT2D eigenvalue weighted by molar-refractivity contribution is 4.86. The van der Waals surface area contributed by atoms with Gasteiger partial charge in [-0.3, -0.25) is 0 Å². The van der Waals surface area contributed by atoms with Crippen LogP contribution in [0, 0.1) is 5.92 Å². The zero-order valence-electron chi connectivity index (χ0n) is 10.0. The zero-order valence-corrected chi connectivity index (χ0v) is 10.0. The Hall–Kier alpha value is -0.120. The molecule has 1 aliphatic carbocycles. The minimum absolute atomic E-state index is 0.0749. The molecule has 2 aliphatic rings. The fourth-order valence-corrected chi connectivity index (χ4v) is 3.15. The highest BCUT2D eigenvalue weighted by Crippen LogP contribution is 2.25. The van der Waals surface area contributed by atoms with E-state index in [0.717, 1.165) is 18.9 Å². The van der Waals surface area contributed by atoms with Gasteiger partial charge in [-0.2, -0.15) is 0 Å². The molecule has 0 bridgehead atoms. The summed E-state index contributed by atoms with van der Waals surface area (Å²) in [7, 11) is 4.38. The Bertz CT molecular complexity index is 210. The summed E-state index contributed by atoms with van der Waals surface area (Å²) in [5, 5.41) is 9.83. The molecule has 0 aromatic rings. The smallest absolute Gasteiger partial charge is 0.0695 e. The molecule has 1 heterocycles. The van der Waals surface area contributed by atoms with Gasteiger partial charge in [0.15, 0.2) is 0 Å². The van der Waals surface area contributed by atoms with Crippen molar-refractivity contribution >= 4 is 0 Å². The van der Waals surface area contributed by atoms with Crippen molar-refractivity contribution in [1.82, 2.24) is 9.80 Å². The van der Waals surface area contributed by atoms with Gasteiger partial charge in [0, 0.05) is 19.1 Å². The molecule has 1 N–H and O–H groups in total. The number of likely N-dealkylation sites (N-methyl/N-ethyl adjacent to an activating group) is 1. The second-order valence-corrected chi connectivity index (χ2v) is 5.42. The molecule has 2 rings (SSSR count).